The zero-order chi connectivity index (χ0) is 12.7. The van der Waals surface area contributed by atoms with Gasteiger partial charge in [0.05, 0.1) is 0 Å². The Labute approximate surface area is 108 Å². The van der Waals surface area contributed by atoms with Gasteiger partial charge in [0.1, 0.15) is 17.5 Å². The first-order valence-corrected chi connectivity index (χ1v) is 7.40. The lowest BCUT2D eigenvalue weighted by molar-refractivity contribution is 0.826. The lowest BCUT2D eigenvalue weighted by Gasteiger charge is -2.14. The number of aryl methyl sites for hydroxylation is 1. The second-order valence-electron chi connectivity index (χ2n) is 4.06. The van der Waals surface area contributed by atoms with Crippen LogP contribution in [-0.2, 0) is 6.42 Å². The van der Waals surface area contributed by atoms with Crippen molar-refractivity contribution in [3.05, 3.63) is 11.9 Å². The molecule has 0 bridgehead atoms. The molecule has 0 saturated carbocycles. The van der Waals surface area contributed by atoms with Crippen molar-refractivity contribution in [2.45, 2.75) is 32.7 Å². The summed E-state index contributed by atoms with van der Waals surface area (Å²) < 4.78 is 0. The summed E-state index contributed by atoms with van der Waals surface area (Å²) in [5.74, 6) is 3.76. The molecule has 0 aliphatic heterocycles. The van der Waals surface area contributed by atoms with Gasteiger partial charge in [-0.15, -0.1) is 0 Å². The quantitative estimate of drug-likeness (QED) is 0.783. The molecule has 0 fully saturated rings. The Balaban J connectivity index is 2.79. The van der Waals surface area contributed by atoms with Gasteiger partial charge in [-0.1, -0.05) is 6.92 Å². The molecular formula is C12H22N4S. The van der Waals surface area contributed by atoms with Crippen molar-refractivity contribution in [2.75, 3.05) is 29.7 Å². The maximum absolute atomic E-state index is 4.52. The highest BCUT2D eigenvalue weighted by Crippen LogP contribution is 2.13. The molecule has 1 aromatic heterocycles. The molecule has 1 rings (SSSR count). The average Bonchev–Trinajstić information content (AvgIpc) is 2.29. The highest BCUT2D eigenvalue weighted by atomic mass is 32.2. The van der Waals surface area contributed by atoms with E-state index in [1.54, 1.807) is 0 Å². The van der Waals surface area contributed by atoms with Crippen LogP contribution in [0.4, 0.5) is 11.6 Å². The maximum Gasteiger partial charge on any atom is 0.133 e. The van der Waals surface area contributed by atoms with Gasteiger partial charge < -0.3 is 10.6 Å². The summed E-state index contributed by atoms with van der Waals surface area (Å²) in [7, 11) is 1.88. The van der Waals surface area contributed by atoms with E-state index in [0.29, 0.717) is 6.04 Å². The second-order valence-corrected chi connectivity index (χ2v) is 4.97. The zero-order valence-electron chi connectivity index (χ0n) is 11.1. The molecule has 96 valence electrons. The van der Waals surface area contributed by atoms with Gasteiger partial charge in [-0.25, -0.2) is 9.97 Å². The van der Waals surface area contributed by atoms with Crippen LogP contribution in [0.2, 0.25) is 0 Å². The molecular weight excluding hydrogens is 232 g/mol. The minimum atomic E-state index is 0.416. The van der Waals surface area contributed by atoms with Gasteiger partial charge in [0.15, 0.2) is 0 Å². The summed E-state index contributed by atoms with van der Waals surface area (Å²) in [5, 5.41) is 6.48. The molecule has 4 nitrogen and oxygen atoms in total. The van der Waals surface area contributed by atoms with Crippen molar-refractivity contribution in [2.24, 2.45) is 0 Å². The summed E-state index contributed by atoms with van der Waals surface area (Å²) in [6, 6.07) is 2.37. The number of rotatable bonds is 7. The first-order chi connectivity index (χ1) is 8.19. The van der Waals surface area contributed by atoms with Gasteiger partial charge >= 0.3 is 0 Å². The Bertz CT molecular complexity index is 343. The monoisotopic (exact) mass is 254 g/mol. The molecule has 1 unspecified atom stereocenters. The first-order valence-electron chi connectivity index (χ1n) is 6.00. The Morgan fingerprint density at radius 2 is 2.06 bits per heavy atom. The van der Waals surface area contributed by atoms with E-state index in [1.807, 2.05) is 24.9 Å². The van der Waals surface area contributed by atoms with Crippen LogP contribution < -0.4 is 10.6 Å². The minimum absolute atomic E-state index is 0.416. The van der Waals surface area contributed by atoms with Crippen molar-refractivity contribution >= 4 is 23.4 Å². The summed E-state index contributed by atoms with van der Waals surface area (Å²) in [5.41, 5.74) is 0. The van der Waals surface area contributed by atoms with E-state index >= 15 is 0 Å². The highest BCUT2D eigenvalue weighted by Gasteiger charge is 2.06. The molecule has 0 saturated heterocycles. The summed E-state index contributed by atoms with van der Waals surface area (Å²) in [6.45, 7) is 4.30. The predicted octanol–water partition coefficient (Wildman–Crippen LogP) is 2.63. The molecule has 0 radical (unpaired) electrons. The van der Waals surface area contributed by atoms with E-state index in [9.17, 15) is 0 Å². The molecule has 1 heterocycles. The fourth-order valence-corrected chi connectivity index (χ4v) is 2.16. The normalized spacial score (nSPS) is 12.2. The Morgan fingerprint density at radius 3 is 2.65 bits per heavy atom. The highest BCUT2D eigenvalue weighted by molar-refractivity contribution is 7.98. The number of thioether (sulfide) groups is 1. The van der Waals surface area contributed by atoms with Crippen LogP contribution in [0, 0.1) is 0 Å². The van der Waals surface area contributed by atoms with Gasteiger partial charge in [0, 0.05) is 31.3 Å². The topological polar surface area (TPSA) is 49.8 Å². The van der Waals surface area contributed by atoms with Crippen LogP contribution in [0.3, 0.4) is 0 Å². The fourth-order valence-electron chi connectivity index (χ4n) is 1.58. The Morgan fingerprint density at radius 1 is 1.35 bits per heavy atom. The maximum atomic E-state index is 4.52. The number of hydrogen-bond acceptors (Lipinski definition) is 5. The minimum Gasteiger partial charge on any atom is -0.373 e. The number of aromatic nitrogens is 2. The van der Waals surface area contributed by atoms with Crippen molar-refractivity contribution in [1.29, 1.82) is 0 Å². The summed E-state index contributed by atoms with van der Waals surface area (Å²) in [6.07, 6.45) is 4.09. The average molecular weight is 254 g/mol. The van der Waals surface area contributed by atoms with Crippen LogP contribution in [0.15, 0.2) is 6.07 Å². The van der Waals surface area contributed by atoms with E-state index in [2.05, 4.69) is 40.7 Å². The third-order valence-electron chi connectivity index (χ3n) is 2.31. The molecule has 1 aromatic rings. The van der Waals surface area contributed by atoms with Gasteiger partial charge in [-0.2, -0.15) is 11.8 Å². The van der Waals surface area contributed by atoms with Gasteiger partial charge in [0.25, 0.3) is 0 Å². The number of nitrogens with zero attached hydrogens (tertiary/aromatic N) is 2. The van der Waals surface area contributed by atoms with Crippen molar-refractivity contribution in [1.82, 2.24) is 9.97 Å². The molecule has 0 aliphatic carbocycles. The number of anilines is 2. The molecule has 5 heteroatoms. The smallest absolute Gasteiger partial charge is 0.133 e. The predicted molar refractivity (Wildman–Crippen MR) is 77.0 cm³/mol. The van der Waals surface area contributed by atoms with E-state index < -0.39 is 0 Å². The second kappa shape index (κ2) is 7.37. The van der Waals surface area contributed by atoms with Crippen LogP contribution in [0.1, 0.15) is 26.1 Å². The third kappa shape index (κ3) is 4.81. The van der Waals surface area contributed by atoms with Crippen molar-refractivity contribution in [3.8, 4) is 0 Å². The van der Waals surface area contributed by atoms with Crippen molar-refractivity contribution < 1.29 is 0 Å². The Kier molecular flexibility index (Phi) is 6.11. The van der Waals surface area contributed by atoms with Gasteiger partial charge in [0.2, 0.25) is 0 Å². The Hall–Kier alpha value is -0.970. The van der Waals surface area contributed by atoms with Crippen molar-refractivity contribution in [3.63, 3.8) is 0 Å². The molecule has 17 heavy (non-hydrogen) atoms. The SMILES string of the molecule is CCCc1nc(NC)cc(NC(C)CSC)n1. The van der Waals surface area contributed by atoms with Gasteiger partial charge in [-0.05, 0) is 19.6 Å². The lowest BCUT2D eigenvalue weighted by atomic mass is 10.3. The zero-order valence-corrected chi connectivity index (χ0v) is 11.9. The molecule has 1 atom stereocenters. The third-order valence-corrected chi connectivity index (χ3v) is 3.15. The molecule has 0 aromatic carbocycles. The number of hydrogen-bond donors (Lipinski definition) is 2. The molecule has 0 amide bonds. The molecule has 2 N–H and O–H groups in total. The van der Waals surface area contributed by atoms with Crippen LogP contribution >= 0.6 is 11.8 Å². The summed E-state index contributed by atoms with van der Waals surface area (Å²) in [4.78, 5) is 8.95. The van der Waals surface area contributed by atoms with E-state index in [-0.39, 0.29) is 0 Å². The van der Waals surface area contributed by atoms with E-state index in [1.165, 1.54) is 0 Å². The lowest BCUT2D eigenvalue weighted by Crippen LogP contribution is -2.19. The van der Waals surface area contributed by atoms with E-state index in [4.69, 9.17) is 0 Å². The largest absolute Gasteiger partial charge is 0.373 e. The first kappa shape index (κ1) is 14.1. The molecule has 0 spiro atoms. The molecule has 0 aliphatic rings. The summed E-state index contributed by atoms with van der Waals surface area (Å²) >= 11 is 1.83. The van der Waals surface area contributed by atoms with Gasteiger partial charge in [-0.3, -0.25) is 0 Å². The number of nitrogens with one attached hydrogen (secondary N) is 2. The van der Waals surface area contributed by atoms with Crippen LogP contribution in [-0.4, -0.2) is 35.1 Å². The fraction of sp³-hybridized carbons (Fsp3) is 0.667. The standard InChI is InChI=1S/C12H22N4S/c1-5-6-10-15-11(13-3)7-12(16-10)14-9(2)8-17-4/h7,9H,5-6,8H2,1-4H3,(H2,13,14,15,16). The van der Waals surface area contributed by atoms with E-state index in [0.717, 1.165) is 36.1 Å². The van der Waals surface area contributed by atoms with Crippen LogP contribution in [0.5, 0.6) is 0 Å². The van der Waals surface area contributed by atoms with Crippen LogP contribution in [0.25, 0.3) is 0 Å².